The number of rotatable bonds is 4. The summed E-state index contributed by atoms with van der Waals surface area (Å²) in [5.74, 6) is 0.743. The average molecular weight is 210 g/mol. The van der Waals surface area contributed by atoms with Gasteiger partial charge in [0.15, 0.2) is 5.82 Å². The van der Waals surface area contributed by atoms with Crippen molar-refractivity contribution in [3.63, 3.8) is 0 Å². The molecule has 1 N–H and O–H groups in total. The second-order valence-corrected chi connectivity index (χ2v) is 3.94. The molecule has 84 valence electrons. The number of likely N-dealkylation sites (tertiary alicyclic amines) is 1. The Balaban J connectivity index is 1.69. The van der Waals surface area contributed by atoms with Crippen LogP contribution in [-0.4, -0.2) is 40.7 Å². The largest absolute Gasteiger partial charge is 0.343 e. The summed E-state index contributed by atoms with van der Waals surface area (Å²) >= 11 is 0. The second kappa shape index (κ2) is 5.23. The molecule has 1 saturated heterocycles. The van der Waals surface area contributed by atoms with E-state index in [2.05, 4.69) is 31.8 Å². The molecule has 0 aromatic carbocycles. The van der Waals surface area contributed by atoms with Crippen LogP contribution >= 0.6 is 0 Å². The van der Waals surface area contributed by atoms with Gasteiger partial charge in [0.1, 0.15) is 0 Å². The van der Waals surface area contributed by atoms with Crippen molar-refractivity contribution in [2.45, 2.75) is 32.4 Å². The number of hydrogen-bond acceptors (Lipinski definition) is 5. The van der Waals surface area contributed by atoms with Crippen molar-refractivity contribution in [1.82, 2.24) is 20.4 Å². The minimum Gasteiger partial charge on any atom is -0.343 e. The lowest BCUT2D eigenvalue weighted by Gasteiger charge is -2.31. The van der Waals surface area contributed by atoms with Gasteiger partial charge in [0.2, 0.25) is 6.39 Å². The van der Waals surface area contributed by atoms with Crippen LogP contribution in [0.15, 0.2) is 10.9 Å². The third-order valence-corrected chi connectivity index (χ3v) is 2.99. The molecule has 15 heavy (non-hydrogen) atoms. The first-order valence-corrected chi connectivity index (χ1v) is 5.59. The minimum absolute atomic E-state index is 0.603. The molecule has 0 amide bonds. The highest BCUT2D eigenvalue weighted by molar-refractivity contribution is 4.81. The Labute approximate surface area is 89.8 Å². The summed E-state index contributed by atoms with van der Waals surface area (Å²) in [6, 6.07) is 0.603. The van der Waals surface area contributed by atoms with E-state index in [4.69, 9.17) is 0 Å². The van der Waals surface area contributed by atoms with Crippen molar-refractivity contribution in [1.29, 1.82) is 0 Å². The Kier molecular flexibility index (Phi) is 3.69. The van der Waals surface area contributed by atoms with E-state index in [-0.39, 0.29) is 0 Å². The summed E-state index contributed by atoms with van der Waals surface area (Å²) in [7, 11) is 0. The molecule has 1 fully saturated rings. The van der Waals surface area contributed by atoms with E-state index >= 15 is 0 Å². The van der Waals surface area contributed by atoms with Crippen LogP contribution in [0.3, 0.4) is 0 Å². The van der Waals surface area contributed by atoms with Gasteiger partial charge in [-0.3, -0.25) is 0 Å². The molecule has 1 aliphatic heterocycles. The molecule has 2 rings (SSSR count). The number of nitrogens with zero attached hydrogens (tertiary/aromatic N) is 3. The third-order valence-electron chi connectivity index (χ3n) is 2.99. The van der Waals surface area contributed by atoms with Gasteiger partial charge in [0, 0.05) is 6.04 Å². The number of aromatic nitrogens is 2. The fourth-order valence-electron chi connectivity index (χ4n) is 1.96. The van der Waals surface area contributed by atoms with E-state index in [9.17, 15) is 0 Å². The molecule has 5 heteroatoms. The van der Waals surface area contributed by atoms with Crippen LogP contribution < -0.4 is 5.32 Å². The molecular formula is C10H18N4O. The molecule has 0 saturated carbocycles. The van der Waals surface area contributed by atoms with Gasteiger partial charge in [-0.05, 0) is 32.5 Å². The normalized spacial score (nSPS) is 19.5. The summed E-state index contributed by atoms with van der Waals surface area (Å²) in [6.07, 6.45) is 3.80. The zero-order valence-corrected chi connectivity index (χ0v) is 9.15. The van der Waals surface area contributed by atoms with E-state index in [0.29, 0.717) is 12.6 Å². The highest BCUT2D eigenvalue weighted by atomic mass is 16.5. The summed E-state index contributed by atoms with van der Waals surface area (Å²) in [6.45, 7) is 6.48. The molecule has 1 aromatic heterocycles. The summed E-state index contributed by atoms with van der Waals surface area (Å²) in [4.78, 5) is 6.46. The van der Waals surface area contributed by atoms with Gasteiger partial charge >= 0.3 is 0 Å². The lowest BCUT2D eigenvalue weighted by atomic mass is 10.1. The van der Waals surface area contributed by atoms with Crippen molar-refractivity contribution < 1.29 is 4.52 Å². The van der Waals surface area contributed by atoms with E-state index in [1.165, 1.54) is 32.3 Å². The van der Waals surface area contributed by atoms with E-state index in [1.807, 2.05) is 0 Å². The predicted molar refractivity (Wildman–Crippen MR) is 56.3 cm³/mol. The van der Waals surface area contributed by atoms with E-state index < -0.39 is 0 Å². The zero-order chi connectivity index (χ0) is 10.5. The van der Waals surface area contributed by atoms with Crippen molar-refractivity contribution in [2.24, 2.45) is 0 Å². The Morgan fingerprint density at radius 2 is 2.33 bits per heavy atom. The van der Waals surface area contributed by atoms with E-state index in [0.717, 1.165) is 12.4 Å². The van der Waals surface area contributed by atoms with Crippen LogP contribution in [0.5, 0.6) is 0 Å². The van der Waals surface area contributed by atoms with Crippen LogP contribution in [0.1, 0.15) is 25.6 Å². The maximum Gasteiger partial charge on any atom is 0.213 e. The fraction of sp³-hybridized carbons (Fsp3) is 0.800. The van der Waals surface area contributed by atoms with Crippen LogP contribution in [0.25, 0.3) is 0 Å². The first-order valence-electron chi connectivity index (χ1n) is 5.59. The Morgan fingerprint density at radius 1 is 1.53 bits per heavy atom. The molecule has 0 spiro atoms. The minimum atomic E-state index is 0.603. The van der Waals surface area contributed by atoms with Gasteiger partial charge in [-0.2, -0.15) is 4.98 Å². The van der Waals surface area contributed by atoms with Gasteiger partial charge in [-0.1, -0.05) is 12.1 Å². The standard InChI is InChI=1S/C10H18N4O/c1-2-14-5-3-9(4-6-14)11-7-10-12-8-15-13-10/h8-9,11H,2-7H2,1H3. The monoisotopic (exact) mass is 210 g/mol. The SMILES string of the molecule is CCN1CCC(NCc2ncon2)CC1. The highest BCUT2D eigenvalue weighted by Crippen LogP contribution is 2.09. The summed E-state index contributed by atoms with van der Waals surface area (Å²) in [5.41, 5.74) is 0. The maximum absolute atomic E-state index is 4.68. The van der Waals surface area contributed by atoms with Gasteiger partial charge < -0.3 is 14.7 Å². The topological polar surface area (TPSA) is 54.2 Å². The number of piperidine rings is 1. The lowest BCUT2D eigenvalue weighted by Crippen LogP contribution is -2.42. The molecular weight excluding hydrogens is 192 g/mol. The fourth-order valence-corrected chi connectivity index (χ4v) is 1.96. The Hall–Kier alpha value is -0.940. The highest BCUT2D eigenvalue weighted by Gasteiger charge is 2.17. The van der Waals surface area contributed by atoms with Gasteiger partial charge in [0.25, 0.3) is 0 Å². The molecule has 2 heterocycles. The van der Waals surface area contributed by atoms with Gasteiger partial charge in [-0.25, -0.2) is 0 Å². The van der Waals surface area contributed by atoms with Crippen molar-refractivity contribution in [3.8, 4) is 0 Å². The number of nitrogens with one attached hydrogen (secondary N) is 1. The molecule has 0 atom stereocenters. The average Bonchev–Trinajstić information content (AvgIpc) is 2.80. The van der Waals surface area contributed by atoms with Crippen molar-refractivity contribution >= 4 is 0 Å². The van der Waals surface area contributed by atoms with Crippen LogP contribution in [-0.2, 0) is 6.54 Å². The third kappa shape index (κ3) is 3.00. The maximum atomic E-state index is 4.68. The quantitative estimate of drug-likeness (QED) is 0.790. The molecule has 0 bridgehead atoms. The molecule has 0 unspecified atom stereocenters. The zero-order valence-electron chi connectivity index (χ0n) is 9.15. The Bertz CT molecular complexity index is 267. The second-order valence-electron chi connectivity index (χ2n) is 3.94. The van der Waals surface area contributed by atoms with Crippen molar-refractivity contribution in [2.75, 3.05) is 19.6 Å². The Morgan fingerprint density at radius 3 is 2.93 bits per heavy atom. The lowest BCUT2D eigenvalue weighted by molar-refractivity contribution is 0.205. The molecule has 1 aromatic rings. The number of hydrogen-bond donors (Lipinski definition) is 1. The smallest absolute Gasteiger partial charge is 0.213 e. The van der Waals surface area contributed by atoms with Crippen LogP contribution in [0.2, 0.25) is 0 Å². The molecule has 5 nitrogen and oxygen atoms in total. The first kappa shape index (κ1) is 10.6. The molecule has 0 aliphatic carbocycles. The first-order chi connectivity index (χ1) is 7.38. The van der Waals surface area contributed by atoms with Crippen LogP contribution in [0.4, 0.5) is 0 Å². The molecule has 0 radical (unpaired) electrons. The predicted octanol–water partition coefficient (Wildman–Crippen LogP) is 0.643. The summed E-state index contributed by atoms with van der Waals surface area (Å²) in [5, 5.41) is 7.23. The van der Waals surface area contributed by atoms with E-state index in [1.54, 1.807) is 0 Å². The van der Waals surface area contributed by atoms with Gasteiger partial charge in [0.05, 0.1) is 6.54 Å². The van der Waals surface area contributed by atoms with Crippen molar-refractivity contribution in [3.05, 3.63) is 12.2 Å². The molecule has 1 aliphatic rings. The van der Waals surface area contributed by atoms with Crippen LogP contribution in [0, 0.1) is 0 Å². The summed E-state index contributed by atoms with van der Waals surface area (Å²) < 4.78 is 4.68. The van der Waals surface area contributed by atoms with Gasteiger partial charge in [-0.15, -0.1) is 0 Å².